The summed E-state index contributed by atoms with van der Waals surface area (Å²) in [6.45, 7) is 8.00. The molecule has 0 aliphatic carbocycles. The fourth-order valence-electron chi connectivity index (χ4n) is 0.363. The predicted octanol–water partition coefficient (Wildman–Crippen LogP) is 2.72. The van der Waals surface area contributed by atoms with Crippen molar-refractivity contribution in [2.75, 3.05) is 5.73 Å². The molecule has 0 atom stereocenters. The van der Waals surface area contributed by atoms with Crippen molar-refractivity contribution in [3.05, 3.63) is 24.5 Å². The zero-order valence-electron chi connectivity index (χ0n) is 7.83. The lowest BCUT2D eigenvalue weighted by molar-refractivity contribution is 1.33. The van der Waals surface area contributed by atoms with Crippen LogP contribution in [0.3, 0.4) is 0 Å². The maximum atomic E-state index is 5.32. The molecule has 0 spiro atoms. The van der Waals surface area contributed by atoms with Crippen LogP contribution in [0.25, 0.3) is 0 Å². The Bertz CT molecular complexity index is 137. The van der Waals surface area contributed by atoms with Gasteiger partial charge in [0.25, 0.3) is 0 Å². The van der Waals surface area contributed by atoms with E-state index in [4.69, 9.17) is 5.73 Å². The number of hydrogen-bond donors (Lipinski definition) is 1. The molecule has 11 heavy (non-hydrogen) atoms. The van der Waals surface area contributed by atoms with Crippen LogP contribution in [-0.2, 0) is 0 Å². The Morgan fingerprint density at radius 3 is 1.55 bits per heavy atom. The van der Waals surface area contributed by atoms with Gasteiger partial charge in [-0.05, 0) is 12.1 Å². The van der Waals surface area contributed by atoms with E-state index in [0.717, 1.165) is 5.69 Å². The summed E-state index contributed by atoms with van der Waals surface area (Å²) < 4.78 is 0. The molecule has 0 amide bonds. The molecular formula is C9H18N2. The summed E-state index contributed by atoms with van der Waals surface area (Å²) in [6.07, 6.45) is 3.32. The molecule has 1 aromatic rings. The molecule has 0 aliphatic heterocycles. The summed E-state index contributed by atoms with van der Waals surface area (Å²) in [5.74, 6) is 0. The minimum absolute atomic E-state index is 0.759. The van der Waals surface area contributed by atoms with E-state index in [9.17, 15) is 0 Å². The minimum atomic E-state index is 0.759. The lowest BCUT2D eigenvalue weighted by Crippen LogP contribution is -1.81. The fourth-order valence-corrected chi connectivity index (χ4v) is 0.363. The molecule has 0 saturated carbocycles. The quantitative estimate of drug-likeness (QED) is 0.624. The zero-order chi connectivity index (χ0) is 9.11. The van der Waals surface area contributed by atoms with Gasteiger partial charge in [0.1, 0.15) is 0 Å². The van der Waals surface area contributed by atoms with Crippen molar-refractivity contribution in [3.8, 4) is 0 Å². The van der Waals surface area contributed by atoms with E-state index < -0.39 is 0 Å². The van der Waals surface area contributed by atoms with Crippen molar-refractivity contribution >= 4 is 5.69 Å². The molecule has 0 saturated heterocycles. The third kappa shape index (κ3) is 8.95. The maximum absolute atomic E-state index is 5.32. The topological polar surface area (TPSA) is 38.9 Å². The van der Waals surface area contributed by atoms with Crippen molar-refractivity contribution < 1.29 is 0 Å². The van der Waals surface area contributed by atoms with Crippen molar-refractivity contribution in [2.45, 2.75) is 27.7 Å². The first kappa shape index (κ1) is 12.6. The summed E-state index contributed by atoms with van der Waals surface area (Å²) in [7, 11) is 0. The maximum Gasteiger partial charge on any atom is 0.0344 e. The SMILES string of the molecule is CC.CC.Nc1ccncc1. The van der Waals surface area contributed by atoms with Crippen molar-refractivity contribution in [2.24, 2.45) is 0 Å². The first-order valence-electron chi connectivity index (χ1n) is 4.05. The molecule has 0 aliphatic rings. The minimum Gasteiger partial charge on any atom is -0.399 e. The van der Waals surface area contributed by atoms with Gasteiger partial charge < -0.3 is 5.73 Å². The van der Waals surface area contributed by atoms with E-state index in [-0.39, 0.29) is 0 Å². The zero-order valence-corrected chi connectivity index (χ0v) is 7.83. The average molecular weight is 154 g/mol. The number of rotatable bonds is 0. The second-order valence-corrected chi connectivity index (χ2v) is 1.28. The van der Waals surface area contributed by atoms with Gasteiger partial charge in [-0.3, -0.25) is 4.98 Å². The Labute approximate surface area is 69.5 Å². The van der Waals surface area contributed by atoms with Gasteiger partial charge >= 0.3 is 0 Å². The highest BCUT2D eigenvalue weighted by Gasteiger charge is 1.73. The predicted molar refractivity (Wildman–Crippen MR) is 51.3 cm³/mol. The molecule has 0 aromatic carbocycles. The number of aromatic nitrogens is 1. The van der Waals surface area contributed by atoms with Crippen LogP contribution in [0.5, 0.6) is 0 Å². The molecule has 2 heteroatoms. The van der Waals surface area contributed by atoms with E-state index >= 15 is 0 Å². The van der Waals surface area contributed by atoms with E-state index in [0.29, 0.717) is 0 Å². The van der Waals surface area contributed by atoms with Gasteiger partial charge in [0, 0.05) is 18.1 Å². The Morgan fingerprint density at radius 1 is 1.00 bits per heavy atom. The highest BCUT2D eigenvalue weighted by Crippen LogP contribution is 1.92. The standard InChI is InChI=1S/C5H6N2.2C2H6/c6-5-1-3-7-4-2-5;2*1-2/h1-4H,(H2,6,7);2*1-2H3. The molecule has 0 unspecified atom stereocenters. The van der Waals surface area contributed by atoms with Crippen LogP contribution in [-0.4, -0.2) is 4.98 Å². The molecule has 2 nitrogen and oxygen atoms in total. The summed E-state index contributed by atoms with van der Waals surface area (Å²) in [5, 5.41) is 0. The van der Waals surface area contributed by atoms with Gasteiger partial charge in [-0.1, -0.05) is 27.7 Å². The highest BCUT2D eigenvalue weighted by atomic mass is 14.6. The molecule has 0 bridgehead atoms. The lowest BCUT2D eigenvalue weighted by atomic mass is 10.4. The molecular weight excluding hydrogens is 136 g/mol. The van der Waals surface area contributed by atoms with E-state index in [1.54, 1.807) is 24.5 Å². The number of nitrogens with zero attached hydrogens (tertiary/aromatic N) is 1. The van der Waals surface area contributed by atoms with Gasteiger partial charge in [-0.2, -0.15) is 0 Å². The van der Waals surface area contributed by atoms with Gasteiger partial charge in [-0.25, -0.2) is 0 Å². The Kier molecular flexibility index (Phi) is 13.4. The first-order valence-corrected chi connectivity index (χ1v) is 4.05. The molecule has 1 aromatic heterocycles. The van der Waals surface area contributed by atoms with Crippen LogP contribution in [0, 0.1) is 0 Å². The summed E-state index contributed by atoms with van der Waals surface area (Å²) >= 11 is 0. The van der Waals surface area contributed by atoms with Gasteiger partial charge in [0.15, 0.2) is 0 Å². The summed E-state index contributed by atoms with van der Waals surface area (Å²) in [4.78, 5) is 3.77. The largest absolute Gasteiger partial charge is 0.399 e. The number of nitrogen functional groups attached to an aromatic ring is 1. The highest BCUT2D eigenvalue weighted by molar-refractivity contribution is 5.33. The third-order valence-electron chi connectivity index (χ3n) is 0.706. The van der Waals surface area contributed by atoms with E-state index in [1.807, 2.05) is 27.7 Å². The third-order valence-corrected chi connectivity index (χ3v) is 0.706. The van der Waals surface area contributed by atoms with Gasteiger partial charge in [0.2, 0.25) is 0 Å². The van der Waals surface area contributed by atoms with E-state index in [1.165, 1.54) is 0 Å². The van der Waals surface area contributed by atoms with Crippen LogP contribution >= 0.6 is 0 Å². The Balaban J connectivity index is 0. The van der Waals surface area contributed by atoms with Crippen LogP contribution in [0.4, 0.5) is 5.69 Å². The molecule has 0 fully saturated rings. The first-order chi connectivity index (χ1) is 5.39. The van der Waals surface area contributed by atoms with E-state index in [2.05, 4.69) is 4.98 Å². The van der Waals surface area contributed by atoms with Crippen molar-refractivity contribution in [1.82, 2.24) is 4.98 Å². The average Bonchev–Trinajstić information content (AvgIpc) is 2.13. The van der Waals surface area contributed by atoms with Gasteiger partial charge in [-0.15, -0.1) is 0 Å². The molecule has 2 N–H and O–H groups in total. The van der Waals surface area contributed by atoms with Crippen molar-refractivity contribution in [1.29, 1.82) is 0 Å². The number of hydrogen-bond acceptors (Lipinski definition) is 2. The summed E-state index contributed by atoms with van der Waals surface area (Å²) in [6, 6.07) is 3.50. The molecule has 1 heterocycles. The molecule has 0 radical (unpaired) electrons. The number of pyridine rings is 1. The molecule has 1 rings (SSSR count). The molecule has 64 valence electrons. The number of anilines is 1. The second kappa shape index (κ2) is 11.7. The van der Waals surface area contributed by atoms with Crippen LogP contribution in [0.1, 0.15) is 27.7 Å². The van der Waals surface area contributed by atoms with Gasteiger partial charge in [0.05, 0.1) is 0 Å². The lowest BCUT2D eigenvalue weighted by Gasteiger charge is -1.83. The van der Waals surface area contributed by atoms with Crippen molar-refractivity contribution in [3.63, 3.8) is 0 Å². The van der Waals surface area contributed by atoms with Crippen LogP contribution in [0.2, 0.25) is 0 Å². The summed E-state index contributed by atoms with van der Waals surface area (Å²) in [5.41, 5.74) is 6.08. The monoisotopic (exact) mass is 154 g/mol. The number of nitrogens with two attached hydrogens (primary N) is 1. The van der Waals surface area contributed by atoms with Crippen LogP contribution in [0.15, 0.2) is 24.5 Å². The smallest absolute Gasteiger partial charge is 0.0344 e. The Hall–Kier alpha value is -1.05. The van der Waals surface area contributed by atoms with Crippen LogP contribution < -0.4 is 5.73 Å². The normalized spacial score (nSPS) is 6.55. The second-order valence-electron chi connectivity index (χ2n) is 1.28. The Morgan fingerprint density at radius 2 is 1.36 bits per heavy atom. The fraction of sp³-hybridized carbons (Fsp3) is 0.444.